The number of para-hydroxylation sites is 1. The lowest BCUT2D eigenvalue weighted by molar-refractivity contribution is -0.117. The highest BCUT2D eigenvalue weighted by Crippen LogP contribution is 2.26. The summed E-state index contributed by atoms with van der Waals surface area (Å²) in [5.74, 6) is 1.66. The van der Waals surface area contributed by atoms with Crippen molar-refractivity contribution >= 4 is 41.5 Å². The van der Waals surface area contributed by atoms with E-state index in [4.69, 9.17) is 0 Å². The molecule has 0 radical (unpaired) electrons. The maximum atomic E-state index is 12.8. The van der Waals surface area contributed by atoms with Crippen LogP contribution in [0.3, 0.4) is 0 Å². The third kappa shape index (κ3) is 8.50. The first-order valence-electron chi connectivity index (χ1n) is 10.6. The molecule has 0 aromatic heterocycles. The standard InChI is InChI=1S/C22H36N4O2.HI/c1-4-23-22(24-15-18(11-13-27)14-17(2)3)25-16-21(28)26-12-7-9-19-8-5-6-10-20(19)26;/h5-6,8,10,17-18,27H,4,7,9,11-16H2,1-3H3,(H2,23,24,25);1H. The molecule has 1 unspecified atom stereocenters. The summed E-state index contributed by atoms with van der Waals surface area (Å²) in [5, 5.41) is 15.9. The number of aliphatic hydroxyl groups is 1. The van der Waals surface area contributed by atoms with Crippen molar-refractivity contribution in [1.82, 2.24) is 10.6 Å². The summed E-state index contributed by atoms with van der Waals surface area (Å²) >= 11 is 0. The van der Waals surface area contributed by atoms with Gasteiger partial charge in [0.15, 0.2) is 5.96 Å². The van der Waals surface area contributed by atoms with Gasteiger partial charge in [-0.2, -0.15) is 0 Å². The molecule has 0 saturated heterocycles. The average molecular weight is 516 g/mol. The van der Waals surface area contributed by atoms with E-state index in [1.165, 1.54) is 5.56 Å². The van der Waals surface area contributed by atoms with Crippen molar-refractivity contribution in [1.29, 1.82) is 0 Å². The van der Waals surface area contributed by atoms with Gasteiger partial charge in [0.1, 0.15) is 6.54 Å². The molecule has 3 N–H and O–H groups in total. The van der Waals surface area contributed by atoms with Gasteiger partial charge < -0.3 is 20.6 Å². The van der Waals surface area contributed by atoms with E-state index < -0.39 is 0 Å². The van der Waals surface area contributed by atoms with Gasteiger partial charge in [-0.1, -0.05) is 32.0 Å². The Bertz CT molecular complexity index is 651. The Labute approximate surface area is 192 Å². The Balaban J connectivity index is 0.00000420. The topological polar surface area (TPSA) is 77.0 Å². The molecule has 164 valence electrons. The summed E-state index contributed by atoms with van der Waals surface area (Å²) in [6.45, 7) is 8.95. The molecule has 1 heterocycles. The number of carbonyl (C=O) groups is 1. The van der Waals surface area contributed by atoms with E-state index in [0.29, 0.717) is 17.8 Å². The molecule has 2 rings (SSSR count). The van der Waals surface area contributed by atoms with Gasteiger partial charge in [0.05, 0.1) is 0 Å². The van der Waals surface area contributed by atoms with Crippen LogP contribution in [0.15, 0.2) is 29.3 Å². The Morgan fingerprint density at radius 1 is 1.28 bits per heavy atom. The van der Waals surface area contributed by atoms with E-state index in [-0.39, 0.29) is 43.0 Å². The Kier molecular flexibility index (Phi) is 12.2. The van der Waals surface area contributed by atoms with Gasteiger partial charge in [-0.25, -0.2) is 4.99 Å². The van der Waals surface area contributed by atoms with E-state index in [0.717, 1.165) is 51.0 Å². The molecule has 0 fully saturated rings. The number of benzene rings is 1. The molecular weight excluding hydrogens is 479 g/mol. The SMILES string of the molecule is CCNC(=NCC(=O)N1CCCc2ccccc21)NCC(CCO)CC(C)C.I. The smallest absolute Gasteiger partial charge is 0.248 e. The Morgan fingerprint density at radius 3 is 2.72 bits per heavy atom. The highest BCUT2D eigenvalue weighted by atomic mass is 127. The molecule has 6 nitrogen and oxygen atoms in total. The third-order valence-corrected chi connectivity index (χ3v) is 5.03. The first-order valence-corrected chi connectivity index (χ1v) is 10.6. The van der Waals surface area contributed by atoms with Crippen LogP contribution in [0, 0.1) is 11.8 Å². The number of amides is 1. The molecule has 0 aliphatic carbocycles. The van der Waals surface area contributed by atoms with E-state index in [1.54, 1.807) is 0 Å². The number of rotatable bonds is 9. The normalized spacial score (nSPS) is 14.8. The fourth-order valence-electron chi connectivity index (χ4n) is 3.76. The molecule has 29 heavy (non-hydrogen) atoms. The van der Waals surface area contributed by atoms with E-state index in [1.807, 2.05) is 30.0 Å². The fourth-order valence-corrected chi connectivity index (χ4v) is 3.76. The monoisotopic (exact) mass is 516 g/mol. The summed E-state index contributed by atoms with van der Waals surface area (Å²) < 4.78 is 0. The molecule has 0 spiro atoms. The minimum absolute atomic E-state index is 0. The fraction of sp³-hybridized carbons (Fsp3) is 0.636. The van der Waals surface area contributed by atoms with Gasteiger partial charge in [0, 0.05) is 31.9 Å². The van der Waals surface area contributed by atoms with Crippen LogP contribution in [0.2, 0.25) is 0 Å². The van der Waals surface area contributed by atoms with Crippen LogP contribution < -0.4 is 15.5 Å². The first-order chi connectivity index (χ1) is 13.5. The van der Waals surface area contributed by atoms with Crippen molar-refractivity contribution in [2.24, 2.45) is 16.8 Å². The minimum Gasteiger partial charge on any atom is -0.396 e. The van der Waals surface area contributed by atoms with Crippen molar-refractivity contribution in [2.75, 3.05) is 37.7 Å². The number of aliphatic hydroxyl groups excluding tert-OH is 1. The second kappa shape index (κ2) is 13.8. The van der Waals surface area contributed by atoms with E-state index in [9.17, 15) is 9.90 Å². The summed E-state index contributed by atoms with van der Waals surface area (Å²) in [7, 11) is 0. The predicted octanol–water partition coefficient (Wildman–Crippen LogP) is 3.18. The zero-order valence-corrected chi connectivity index (χ0v) is 20.3. The lowest BCUT2D eigenvalue weighted by atomic mass is 9.94. The molecule has 1 atom stereocenters. The molecule has 1 aliphatic heterocycles. The number of halogens is 1. The van der Waals surface area contributed by atoms with Crippen LogP contribution in [-0.4, -0.2) is 49.8 Å². The number of anilines is 1. The molecular formula is C22H37IN4O2. The molecule has 0 saturated carbocycles. The zero-order valence-electron chi connectivity index (χ0n) is 18.0. The van der Waals surface area contributed by atoms with Gasteiger partial charge in [0.25, 0.3) is 0 Å². The van der Waals surface area contributed by atoms with Crippen molar-refractivity contribution in [3.05, 3.63) is 29.8 Å². The molecule has 1 aromatic carbocycles. The van der Waals surface area contributed by atoms with Crippen molar-refractivity contribution < 1.29 is 9.90 Å². The zero-order chi connectivity index (χ0) is 20.4. The second-order valence-electron chi connectivity index (χ2n) is 7.86. The second-order valence-corrected chi connectivity index (χ2v) is 7.86. The van der Waals surface area contributed by atoms with Crippen LogP contribution in [0.5, 0.6) is 0 Å². The lowest BCUT2D eigenvalue weighted by Gasteiger charge is -2.29. The highest BCUT2D eigenvalue weighted by molar-refractivity contribution is 14.0. The number of guanidine groups is 1. The van der Waals surface area contributed by atoms with Crippen LogP contribution in [0.25, 0.3) is 0 Å². The first kappa shape index (κ1) is 25.7. The minimum atomic E-state index is 0. The average Bonchev–Trinajstić information content (AvgIpc) is 2.69. The van der Waals surface area contributed by atoms with Crippen molar-refractivity contribution in [3.8, 4) is 0 Å². The van der Waals surface area contributed by atoms with Crippen LogP contribution in [-0.2, 0) is 11.2 Å². The largest absolute Gasteiger partial charge is 0.396 e. The van der Waals surface area contributed by atoms with Crippen molar-refractivity contribution in [3.63, 3.8) is 0 Å². The van der Waals surface area contributed by atoms with Gasteiger partial charge >= 0.3 is 0 Å². The Hall–Kier alpha value is -1.35. The van der Waals surface area contributed by atoms with Gasteiger partial charge in [-0.3, -0.25) is 4.79 Å². The van der Waals surface area contributed by atoms with Crippen LogP contribution >= 0.6 is 24.0 Å². The number of carbonyl (C=O) groups excluding carboxylic acids is 1. The number of hydrogen-bond donors (Lipinski definition) is 3. The summed E-state index contributed by atoms with van der Waals surface area (Å²) in [6, 6.07) is 8.12. The number of aliphatic imine (C=N–C) groups is 1. The summed E-state index contributed by atoms with van der Waals surface area (Å²) in [4.78, 5) is 19.2. The lowest BCUT2D eigenvalue weighted by Crippen LogP contribution is -2.42. The number of fused-ring (bicyclic) bond motifs is 1. The quantitative estimate of drug-likeness (QED) is 0.268. The number of nitrogens with one attached hydrogen (secondary N) is 2. The van der Waals surface area contributed by atoms with Gasteiger partial charge in [0.2, 0.25) is 5.91 Å². The maximum Gasteiger partial charge on any atom is 0.248 e. The van der Waals surface area contributed by atoms with E-state index >= 15 is 0 Å². The van der Waals surface area contributed by atoms with Crippen LogP contribution in [0.4, 0.5) is 5.69 Å². The van der Waals surface area contributed by atoms with Crippen LogP contribution in [0.1, 0.15) is 45.6 Å². The van der Waals surface area contributed by atoms with Gasteiger partial charge in [-0.15, -0.1) is 24.0 Å². The molecule has 7 heteroatoms. The Morgan fingerprint density at radius 2 is 2.03 bits per heavy atom. The number of nitrogens with zero attached hydrogens (tertiary/aromatic N) is 2. The number of aryl methyl sites for hydroxylation is 1. The highest BCUT2D eigenvalue weighted by Gasteiger charge is 2.21. The molecule has 1 aromatic rings. The summed E-state index contributed by atoms with van der Waals surface area (Å²) in [6.07, 6.45) is 3.84. The molecule has 1 amide bonds. The number of hydrogen-bond acceptors (Lipinski definition) is 3. The predicted molar refractivity (Wildman–Crippen MR) is 131 cm³/mol. The maximum absolute atomic E-state index is 12.8. The van der Waals surface area contributed by atoms with Crippen molar-refractivity contribution in [2.45, 2.75) is 46.5 Å². The van der Waals surface area contributed by atoms with E-state index in [2.05, 4.69) is 35.5 Å². The molecule has 1 aliphatic rings. The van der Waals surface area contributed by atoms with Gasteiger partial charge in [-0.05, 0) is 56.1 Å². The molecule has 0 bridgehead atoms. The third-order valence-electron chi connectivity index (χ3n) is 5.03. The summed E-state index contributed by atoms with van der Waals surface area (Å²) in [5.41, 5.74) is 2.25.